The molecule has 8 nitrogen and oxygen atoms in total. The number of ether oxygens (including phenoxy) is 1. The van der Waals surface area contributed by atoms with E-state index in [0.717, 1.165) is 17.1 Å². The lowest BCUT2D eigenvalue weighted by Crippen LogP contribution is -2.09. The van der Waals surface area contributed by atoms with Crippen LogP contribution in [0.3, 0.4) is 0 Å². The number of hydrogen-bond acceptors (Lipinski definition) is 7. The second kappa shape index (κ2) is 6.61. The third-order valence-electron chi connectivity index (χ3n) is 3.55. The number of aromatic nitrogens is 5. The summed E-state index contributed by atoms with van der Waals surface area (Å²) in [5.74, 6) is 1.19. The standard InChI is InChI=1S/C16H18N6O2/c1-10(2)13-5-14(22-16(21-13)19-9-20-22)18-7-11-4-12(8-17-6-11)15(23)24-3/h4-6,8-10,18H,7H2,1-3H3. The summed E-state index contributed by atoms with van der Waals surface area (Å²) >= 11 is 0. The number of pyridine rings is 1. The van der Waals surface area contributed by atoms with E-state index in [1.54, 1.807) is 16.8 Å². The summed E-state index contributed by atoms with van der Waals surface area (Å²) in [7, 11) is 1.35. The summed E-state index contributed by atoms with van der Waals surface area (Å²) in [4.78, 5) is 24.3. The monoisotopic (exact) mass is 326 g/mol. The molecule has 0 saturated heterocycles. The number of esters is 1. The summed E-state index contributed by atoms with van der Waals surface area (Å²) < 4.78 is 6.36. The van der Waals surface area contributed by atoms with Crippen LogP contribution in [0.5, 0.6) is 0 Å². The molecule has 0 aliphatic carbocycles. The van der Waals surface area contributed by atoms with E-state index < -0.39 is 5.97 Å². The predicted molar refractivity (Wildman–Crippen MR) is 87.8 cm³/mol. The first-order chi connectivity index (χ1) is 11.6. The molecule has 0 amide bonds. The molecule has 0 atom stereocenters. The van der Waals surface area contributed by atoms with Crippen molar-refractivity contribution in [2.75, 3.05) is 12.4 Å². The Morgan fingerprint density at radius 1 is 1.33 bits per heavy atom. The highest BCUT2D eigenvalue weighted by molar-refractivity contribution is 5.89. The third-order valence-corrected chi connectivity index (χ3v) is 3.55. The van der Waals surface area contributed by atoms with Crippen LogP contribution in [0.15, 0.2) is 30.9 Å². The Bertz CT molecular complexity index is 874. The van der Waals surface area contributed by atoms with Crippen LogP contribution >= 0.6 is 0 Å². The molecule has 3 rings (SSSR count). The molecule has 0 aliphatic rings. The van der Waals surface area contributed by atoms with Crippen LogP contribution in [0.1, 0.15) is 41.4 Å². The smallest absolute Gasteiger partial charge is 0.339 e. The van der Waals surface area contributed by atoms with Crippen LogP contribution in [0.4, 0.5) is 5.82 Å². The van der Waals surface area contributed by atoms with Gasteiger partial charge in [-0.3, -0.25) is 4.98 Å². The highest BCUT2D eigenvalue weighted by Crippen LogP contribution is 2.18. The Morgan fingerprint density at radius 3 is 2.92 bits per heavy atom. The minimum Gasteiger partial charge on any atom is -0.465 e. The van der Waals surface area contributed by atoms with Crippen molar-refractivity contribution in [3.8, 4) is 0 Å². The Kier molecular flexibility index (Phi) is 4.37. The fraction of sp³-hybridized carbons (Fsp3) is 0.312. The van der Waals surface area contributed by atoms with Crippen LogP contribution < -0.4 is 5.32 Å². The van der Waals surface area contributed by atoms with Crippen molar-refractivity contribution in [3.63, 3.8) is 0 Å². The molecular weight excluding hydrogens is 308 g/mol. The van der Waals surface area contributed by atoms with Crippen molar-refractivity contribution < 1.29 is 9.53 Å². The van der Waals surface area contributed by atoms with Crippen molar-refractivity contribution in [1.82, 2.24) is 24.6 Å². The molecule has 8 heteroatoms. The molecule has 0 radical (unpaired) electrons. The molecular formula is C16H18N6O2. The molecule has 3 heterocycles. The Balaban J connectivity index is 1.85. The molecule has 24 heavy (non-hydrogen) atoms. The molecule has 0 saturated carbocycles. The molecule has 3 aromatic heterocycles. The first kappa shape index (κ1) is 15.9. The minimum atomic E-state index is -0.408. The fourth-order valence-electron chi connectivity index (χ4n) is 2.26. The number of methoxy groups -OCH3 is 1. The van der Waals surface area contributed by atoms with Crippen LogP contribution in [-0.2, 0) is 11.3 Å². The summed E-state index contributed by atoms with van der Waals surface area (Å²) in [6.45, 7) is 4.62. The van der Waals surface area contributed by atoms with Crippen molar-refractivity contribution in [2.45, 2.75) is 26.3 Å². The van der Waals surface area contributed by atoms with Gasteiger partial charge in [-0.15, -0.1) is 0 Å². The third kappa shape index (κ3) is 3.17. The van der Waals surface area contributed by atoms with Gasteiger partial charge in [-0.25, -0.2) is 9.78 Å². The SMILES string of the molecule is COC(=O)c1cncc(CNc2cc(C(C)C)nc3ncnn23)c1. The average Bonchev–Trinajstić information content (AvgIpc) is 3.07. The number of hydrogen-bond donors (Lipinski definition) is 1. The van der Waals surface area contributed by atoms with Gasteiger partial charge in [-0.2, -0.15) is 14.6 Å². The molecule has 0 bridgehead atoms. The van der Waals surface area contributed by atoms with Crippen molar-refractivity contribution in [2.24, 2.45) is 0 Å². The Morgan fingerprint density at radius 2 is 2.17 bits per heavy atom. The molecule has 0 fully saturated rings. The summed E-state index contributed by atoms with van der Waals surface area (Å²) in [6, 6.07) is 3.69. The summed E-state index contributed by atoms with van der Waals surface area (Å²) in [6.07, 6.45) is 4.65. The van der Waals surface area contributed by atoms with Gasteiger partial charge in [0.05, 0.1) is 18.4 Å². The highest BCUT2D eigenvalue weighted by atomic mass is 16.5. The lowest BCUT2D eigenvalue weighted by molar-refractivity contribution is 0.0600. The molecule has 3 aromatic rings. The largest absolute Gasteiger partial charge is 0.465 e. The first-order valence-electron chi connectivity index (χ1n) is 7.55. The van der Waals surface area contributed by atoms with Crippen LogP contribution in [0, 0.1) is 0 Å². The van der Waals surface area contributed by atoms with E-state index in [1.807, 2.05) is 6.07 Å². The zero-order chi connectivity index (χ0) is 17.1. The van der Waals surface area contributed by atoms with Gasteiger partial charge >= 0.3 is 5.97 Å². The van der Waals surface area contributed by atoms with Crippen LogP contribution in [-0.4, -0.2) is 37.6 Å². The Hall–Kier alpha value is -3.03. The average molecular weight is 326 g/mol. The molecule has 0 unspecified atom stereocenters. The molecule has 0 spiro atoms. The van der Waals surface area contributed by atoms with E-state index in [2.05, 4.69) is 39.2 Å². The zero-order valence-electron chi connectivity index (χ0n) is 13.7. The normalized spacial score (nSPS) is 11.0. The summed E-state index contributed by atoms with van der Waals surface area (Å²) in [5, 5.41) is 7.48. The van der Waals surface area contributed by atoms with Gasteiger partial charge in [0.1, 0.15) is 12.1 Å². The zero-order valence-corrected chi connectivity index (χ0v) is 13.7. The predicted octanol–water partition coefficient (Wildman–Crippen LogP) is 2.04. The maximum absolute atomic E-state index is 11.6. The maximum Gasteiger partial charge on any atom is 0.339 e. The second-order valence-electron chi connectivity index (χ2n) is 5.62. The molecule has 0 aliphatic heterocycles. The highest BCUT2D eigenvalue weighted by Gasteiger charge is 2.11. The van der Waals surface area contributed by atoms with Crippen LogP contribution in [0.2, 0.25) is 0 Å². The quantitative estimate of drug-likeness (QED) is 0.717. The van der Waals surface area contributed by atoms with E-state index in [4.69, 9.17) is 4.74 Å². The number of nitrogens with zero attached hydrogens (tertiary/aromatic N) is 5. The second-order valence-corrected chi connectivity index (χ2v) is 5.62. The number of carbonyl (C=O) groups is 1. The van der Waals surface area contributed by atoms with E-state index in [-0.39, 0.29) is 5.92 Å². The number of fused-ring (bicyclic) bond motifs is 1. The van der Waals surface area contributed by atoms with E-state index >= 15 is 0 Å². The van der Waals surface area contributed by atoms with Crippen molar-refractivity contribution in [1.29, 1.82) is 0 Å². The number of rotatable bonds is 5. The first-order valence-corrected chi connectivity index (χ1v) is 7.55. The molecule has 124 valence electrons. The molecule has 1 N–H and O–H groups in total. The van der Waals surface area contributed by atoms with Gasteiger partial charge in [-0.1, -0.05) is 13.8 Å². The minimum absolute atomic E-state index is 0.275. The van der Waals surface area contributed by atoms with Crippen molar-refractivity contribution in [3.05, 3.63) is 47.7 Å². The number of anilines is 1. The van der Waals surface area contributed by atoms with E-state index in [9.17, 15) is 4.79 Å². The van der Waals surface area contributed by atoms with E-state index in [1.165, 1.54) is 19.6 Å². The lowest BCUT2D eigenvalue weighted by atomic mass is 10.1. The van der Waals surface area contributed by atoms with Gasteiger partial charge in [-0.05, 0) is 17.5 Å². The van der Waals surface area contributed by atoms with Gasteiger partial charge in [0.2, 0.25) is 0 Å². The van der Waals surface area contributed by atoms with Gasteiger partial charge in [0.15, 0.2) is 0 Å². The lowest BCUT2D eigenvalue weighted by Gasteiger charge is -2.11. The summed E-state index contributed by atoms with van der Waals surface area (Å²) in [5.41, 5.74) is 2.20. The Labute approximate surface area is 138 Å². The number of carbonyl (C=O) groups excluding carboxylic acids is 1. The van der Waals surface area contributed by atoms with Gasteiger partial charge < -0.3 is 10.1 Å². The van der Waals surface area contributed by atoms with E-state index in [0.29, 0.717) is 17.9 Å². The van der Waals surface area contributed by atoms with Crippen molar-refractivity contribution >= 4 is 17.6 Å². The topological polar surface area (TPSA) is 94.3 Å². The fourth-order valence-corrected chi connectivity index (χ4v) is 2.26. The molecule has 0 aromatic carbocycles. The maximum atomic E-state index is 11.6. The van der Waals surface area contributed by atoms with Crippen LogP contribution in [0.25, 0.3) is 5.78 Å². The van der Waals surface area contributed by atoms with Gasteiger partial charge in [0, 0.05) is 25.0 Å². The van der Waals surface area contributed by atoms with Gasteiger partial charge in [0.25, 0.3) is 5.78 Å². The number of nitrogens with one attached hydrogen (secondary N) is 1.